The van der Waals surface area contributed by atoms with E-state index in [9.17, 15) is 9.18 Å². The Morgan fingerprint density at radius 3 is 2.89 bits per heavy atom. The number of hydrogen-bond donors (Lipinski definition) is 0. The molecule has 0 radical (unpaired) electrons. The molecular formula is C15H16FNO. The van der Waals surface area contributed by atoms with Gasteiger partial charge in [-0.1, -0.05) is 6.42 Å². The standard InChI is InChI=1S/C15H16FNO/c1-17-13-9-11(16)7-6-10(13)8-14(17)12-4-2-3-5-15(12)18/h6-9,12H,2-5H2,1H3. The molecule has 1 aromatic carbocycles. The topological polar surface area (TPSA) is 22.0 Å². The molecule has 1 aromatic heterocycles. The monoisotopic (exact) mass is 245 g/mol. The van der Waals surface area contributed by atoms with E-state index >= 15 is 0 Å². The number of Topliss-reactive ketones (excluding diaryl/α,β-unsaturated/α-hetero) is 1. The number of rotatable bonds is 1. The SMILES string of the molecule is Cn1c(C2CCCCC2=O)cc2ccc(F)cc21. The number of nitrogens with zero attached hydrogens (tertiary/aromatic N) is 1. The fraction of sp³-hybridized carbons (Fsp3) is 0.400. The van der Waals surface area contributed by atoms with Crippen molar-refractivity contribution >= 4 is 16.7 Å². The maximum atomic E-state index is 13.3. The molecular weight excluding hydrogens is 229 g/mol. The van der Waals surface area contributed by atoms with Crippen molar-refractivity contribution in [3.63, 3.8) is 0 Å². The fourth-order valence-electron chi connectivity index (χ4n) is 2.95. The zero-order valence-electron chi connectivity index (χ0n) is 10.4. The van der Waals surface area contributed by atoms with Crippen LogP contribution in [-0.2, 0) is 11.8 Å². The van der Waals surface area contributed by atoms with Crippen LogP contribution in [0.4, 0.5) is 4.39 Å². The smallest absolute Gasteiger partial charge is 0.141 e. The summed E-state index contributed by atoms with van der Waals surface area (Å²) >= 11 is 0. The molecule has 0 spiro atoms. The molecule has 1 saturated carbocycles. The minimum absolute atomic E-state index is 0.000730. The Morgan fingerprint density at radius 2 is 2.11 bits per heavy atom. The Kier molecular flexibility index (Phi) is 2.69. The Balaban J connectivity index is 2.11. The van der Waals surface area contributed by atoms with Crippen molar-refractivity contribution in [2.45, 2.75) is 31.6 Å². The zero-order chi connectivity index (χ0) is 12.7. The number of aromatic nitrogens is 1. The van der Waals surface area contributed by atoms with Crippen molar-refractivity contribution < 1.29 is 9.18 Å². The second-order valence-corrected chi connectivity index (χ2v) is 5.10. The molecule has 1 fully saturated rings. The van der Waals surface area contributed by atoms with E-state index in [2.05, 4.69) is 0 Å². The molecule has 3 heteroatoms. The van der Waals surface area contributed by atoms with Crippen LogP contribution in [0.5, 0.6) is 0 Å². The van der Waals surface area contributed by atoms with E-state index in [1.165, 1.54) is 12.1 Å². The summed E-state index contributed by atoms with van der Waals surface area (Å²) in [5.74, 6) is 0.0945. The van der Waals surface area contributed by atoms with Crippen LogP contribution in [0.15, 0.2) is 24.3 Å². The predicted molar refractivity (Wildman–Crippen MR) is 69.1 cm³/mol. The number of benzene rings is 1. The first-order valence-electron chi connectivity index (χ1n) is 6.44. The first-order chi connectivity index (χ1) is 8.66. The second-order valence-electron chi connectivity index (χ2n) is 5.10. The molecule has 0 aliphatic heterocycles. The first kappa shape index (κ1) is 11.5. The molecule has 18 heavy (non-hydrogen) atoms. The first-order valence-corrected chi connectivity index (χ1v) is 6.44. The van der Waals surface area contributed by atoms with E-state index in [4.69, 9.17) is 0 Å². The number of fused-ring (bicyclic) bond motifs is 1. The molecule has 0 N–H and O–H groups in total. The molecule has 1 heterocycles. The van der Waals surface area contributed by atoms with Crippen LogP contribution in [0, 0.1) is 5.82 Å². The van der Waals surface area contributed by atoms with Crippen LogP contribution < -0.4 is 0 Å². The third-order valence-corrected chi connectivity index (χ3v) is 3.96. The molecule has 0 amide bonds. The third-order valence-electron chi connectivity index (χ3n) is 3.96. The number of carbonyl (C=O) groups is 1. The van der Waals surface area contributed by atoms with E-state index in [0.717, 1.165) is 35.9 Å². The maximum absolute atomic E-state index is 13.3. The summed E-state index contributed by atoms with van der Waals surface area (Å²) in [5.41, 5.74) is 1.89. The highest BCUT2D eigenvalue weighted by Gasteiger charge is 2.26. The van der Waals surface area contributed by atoms with Gasteiger partial charge in [-0.2, -0.15) is 0 Å². The Labute approximate surface area is 105 Å². The van der Waals surface area contributed by atoms with Crippen molar-refractivity contribution in [1.29, 1.82) is 0 Å². The molecule has 0 bridgehead atoms. The minimum Gasteiger partial charge on any atom is -0.347 e. The van der Waals surface area contributed by atoms with Gasteiger partial charge in [-0.05, 0) is 37.1 Å². The second kappa shape index (κ2) is 4.23. The van der Waals surface area contributed by atoms with E-state index in [1.807, 2.05) is 17.7 Å². The van der Waals surface area contributed by atoms with Gasteiger partial charge in [-0.3, -0.25) is 4.79 Å². The van der Waals surface area contributed by atoms with E-state index in [0.29, 0.717) is 12.2 Å². The van der Waals surface area contributed by atoms with Crippen molar-refractivity contribution in [1.82, 2.24) is 4.57 Å². The van der Waals surface area contributed by atoms with Crippen molar-refractivity contribution in [2.75, 3.05) is 0 Å². The highest BCUT2D eigenvalue weighted by atomic mass is 19.1. The molecule has 1 aliphatic rings. The fourth-order valence-corrected chi connectivity index (χ4v) is 2.95. The highest BCUT2D eigenvalue weighted by molar-refractivity contribution is 5.89. The molecule has 1 atom stereocenters. The number of halogens is 1. The van der Waals surface area contributed by atoms with Gasteiger partial charge in [-0.25, -0.2) is 4.39 Å². The van der Waals surface area contributed by atoms with Gasteiger partial charge in [0.15, 0.2) is 0 Å². The molecule has 1 unspecified atom stereocenters. The summed E-state index contributed by atoms with van der Waals surface area (Å²) in [6.45, 7) is 0. The number of ketones is 1. The zero-order valence-corrected chi connectivity index (χ0v) is 10.4. The molecule has 2 nitrogen and oxygen atoms in total. The minimum atomic E-state index is -0.231. The van der Waals surface area contributed by atoms with Crippen LogP contribution in [0.3, 0.4) is 0 Å². The van der Waals surface area contributed by atoms with Gasteiger partial charge in [0.1, 0.15) is 11.6 Å². The maximum Gasteiger partial charge on any atom is 0.141 e. The van der Waals surface area contributed by atoms with Gasteiger partial charge in [0.05, 0.1) is 11.4 Å². The van der Waals surface area contributed by atoms with Gasteiger partial charge >= 0.3 is 0 Å². The van der Waals surface area contributed by atoms with Crippen LogP contribution in [-0.4, -0.2) is 10.4 Å². The van der Waals surface area contributed by atoms with E-state index in [1.54, 1.807) is 6.07 Å². The van der Waals surface area contributed by atoms with Crippen LogP contribution in [0.25, 0.3) is 10.9 Å². The van der Waals surface area contributed by atoms with Gasteiger partial charge < -0.3 is 4.57 Å². The molecule has 0 saturated heterocycles. The molecule has 2 aromatic rings. The number of hydrogen-bond acceptors (Lipinski definition) is 1. The highest BCUT2D eigenvalue weighted by Crippen LogP contribution is 2.33. The Morgan fingerprint density at radius 1 is 1.28 bits per heavy atom. The average Bonchev–Trinajstić information content (AvgIpc) is 2.68. The summed E-state index contributed by atoms with van der Waals surface area (Å²) < 4.78 is 15.2. The van der Waals surface area contributed by atoms with Gasteiger partial charge in [0.25, 0.3) is 0 Å². The lowest BCUT2D eigenvalue weighted by atomic mass is 9.85. The third kappa shape index (κ3) is 1.74. The van der Waals surface area contributed by atoms with Gasteiger partial charge in [0, 0.05) is 24.5 Å². The summed E-state index contributed by atoms with van der Waals surface area (Å²) in [4.78, 5) is 12.0. The quantitative estimate of drug-likeness (QED) is 0.753. The Hall–Kier alpha value is -1.64. The van der Waals surface area contributed by atoms with Gasteiger partial charge in [-0.15, -0.1) is 0 Å². The summed E-state index contributed by atoms with van der Waals surface area (Å²) in [6.07, 6.45) is 3.71. The average molecular weight is 245 g/mol. The van der Waals surface area contributed by atoms with Crippen LogP contribution >= 0.6 is 0 Å². The normalized spacial score (nSPS) is 20.6. The lowest BCUT2D eigenvalue weighted by Gasteiger charge is -2.21. The summed E-state index contributed by atoms with van der Waals surface area (Å²) in [5, 5.41) is 1.01. The molecule has 94 valence electrons. The predicted octanol–water partition coefficient (Wildman–Crippen LogP) is 3.54. The molecule has 1 aliphatic carbocycles. The van der Waals surface area contributed by atoms with E-state index in [-0.39, 0.29) is 11.7 Å². The van der Waals surface area contributed by atoms with Crippen molar-refractivity contribution in [3.8, 4) is 0 Å². The van der Waals surface area contributed by atoms with Crippen molar-refractivity contribution in [3.05, 3.63) is 35.8 Å². The number of carbonyl (C=O) groups excluding carboxylic acids is 1. The van der Waals surface area contributed by atoms with Crippen LogP contribution in [0.1, 0.15) is 37.3 Å². The summed E-state index contributed by atoms with van der Waals surface area (Å²) in [6, 6.07) is 6.81. The van der Waals surface area contributed by atoms with Crippen LogP contribution in [0.2, 0.25) is 0 Å². The molecule has 3 rings (SSSR count). The summed E-state index contributed by atoms with van der Waals surface area (Å²) in [7, 11) is 1.92. The van der Waals surface area contributed by atoms with Crippen molar-refractivity contribution in [2.24, 2.45) is 7.05 Å². The van der Waals surface area contributed by atoms with Gasteiger partial charge in [0.2, 0.25) is 0 Å². The Bertz CT molecular complexity index is 614. The lowest BCUT2D eigenvalue weighted by Crippen LogP contribution is -2.19. The lowest BCUT2D eigenvalue weighted by molar-refractivity contribution is -0.122. The largest absolute Gasteiger partial charge is 0.347 e. The van der Waals surface area contributed by atoms with E-state index < -0.39 is 0 Å². The number of aryl methyl sites for hydroxylation is 1.